The standard InChI is InChI=1S/C16H16F3NO/c1-11(14-5-3-4-6-15(14)21-2)20-13-9-7-12(8-10-13)16(17,18)19/h3-11,20H,1-2H3. The van der Waals surface area contributed by atoms with Crippen LogP contribution in [0.4, 0.5) is 18.9 Å². The minimum absolute atomic E-state index is 0.0853. The summed E-state index contributed by atoms with van der Waals surface area (Å²) < 4.78 is 42.8. The van der Waals surface area contributed by atoms with Crippen molar-refractivity contribution in [2.45, 2.75) is 19.1 Å². The van der Waals surface area contributed by atoms with Crippen LogP contribution in [0.15, 0.2) is 48.5 Å². The molecule has 0 spiro atoms. The van der Waals surface area contributed by atoms with Gasteiger partial charge in [0.15, 0.2) is 0 Å². The van der Waals surface area contributed by atoms with E-state index in [9.17, 15) is 13.2 Å². The molecule has 0 saturated heterocycles. The Morgan fingerprint density at radius 2 is 1.62 bits per heavy atom. The molecule has 0 aliphatic rings. The van der Waals surface area contributed by atoms with E-state index in [0.717, 1.165) is 23.4 Å². The van der Waals surface area contributed by atoms with Crippen LogP contribution >= 0.6 is 0 Å². The maximum atomic E-state index is 12.5. The first-order chi connectivity index (χ1) is 9.91. The highest BCUT2D eigenvalue weighted by Gasteiger charge is 2.29. The summed E-state index contributed by atoms with van der Waals surface area (Å²) in [5.74, 6) is 0.740. The lowest BCUT2D eigenvalue weighted by Crippen LogP contribution is -2.09. The average molecular weight is 295 g/mol. The van der Waals surface area contributed by atoms with Gasteiger partial charge in [0.1, 0.15) is 5.75 Å². The number of para-hydroxylation sites is 1. The number of anilines is 1. The van der Waals surface area contributed by atoms with Crippen LogP contribution in [0.5, 0.6) is 5.75 Å². The molecule has 2 rings (SSSR count). The fourth-order valence-electron chi connectivity index (χ4n) is 2.11. The summed E-state index contributed by atoms with van der Waals surface area (Å²) in [5.41, 5.74) is 0.916. The van der Waals surface area contributed by atoms with Crippen LogP contribution in [0.1, 0.15) is 24.1 Å². The van der Waals surface area contributed by atoms with E-state index in [4.69, 9.17) is 4.74 Å². The van der Waals surface area contributed by atoms with Crippen molar-refractivity contribution in [1.29, 1.82) is 0 Å². The number of rotatable bonds is 4. The molecule has 2 aromatic rings. The van der Waals surface area contributed by atoms with Crippen molar-refractivity contribution in [1.82, 2.24) is 0 Å². The molecule has 0 radical (unpaired) electrons. The maximum Gasteiger partial charge on any atom is 0.416 e. The van der Waals surface area contributed by atoms with Crippen LogP contribution in [-0.2, 0) is 6.18 Å². The van der Waals surface area contributed by atoms with E-state index in [-0.39, 0.29) is 6.04 Å². The molecule has 0 heterocycles. The molecular weight excluding hydrogens is 279 g/mol. The Bertz CT molecular complexity index is 593. The van der Waals surface area contributed by atoms with Gasteiger partial charge in [0.2, 0.25) is 0 Å². The highest BCUT2D eigenvalue weighted by molar-refractivity contribution is 5.49. The molecule has 1 atom stereocenters. The Morgan fingerprint density at radius 1 is 1.00 bits per heavy atom. The summed E-state index contributed by atoms with van der Waals surface area (Å²) in [5, 5.41) is 3.16. The molecule has 0 aromatic heterocycles. The summed E-state index contributed by atoms with van der Waals surface area (Å²) >= 11 is 0. The number of nitrogens with one attached hydrogen (secondary N) is 1. The summed E-state index contributed by atoms with van der Waals surface area (Å²) in [6.45, 7) is 1.93. The molecule has 2 aromatic carbocycles. The van der Waals surface area contributed by atoms with Gasteiger partial charge in [-0.2, -0.15) is 13.2 Å². The van der Waals surface area contributed by atoms with Crippen LogP contribution in [0.3, 0.4) is 0 Å². The van der Waals surface area contributed by atoms with Crippen molar-refractivity contribution in [3.05, 3.63) is 59.7 Å². The largest absolute Gasteiger partial charge is 0.496 e. The van der Waals surface area contributed by atoms with Gasteiger partial charge in [-0.05, 0) is 37.3 Å². The summed E-state index contributed by atoms with van der Waals surface area (Å²) in [7, 11) is 1.59. The van der Waals surface area contributed by atoms with Crippen LogP contribution in [0.2, 0.25) is 0 Å². The van der Waals surface area contributed by atoms with E-state index < -0.39 is 11.7 Å². The van der Waals surface area contributed by atoms with Gasteiger partial charge >= 0.3 is 6.18 Å². The van der Waals surface area contributed by atoms with Gasteiger partial charge in [0.25, 0.3) is 0 Å². The van der Waals surface area contributed by atoms with E-state index in [2.05, 4.69) is 5.32 Å². The average Bonchev–Trinajstić information content (AvgIpc) is 2.46. The van der Waals surface area contributed by atoms with E-state index >= 15 is 0 Å². The third-order valence-electron chi connectivity index (χ3n) is 3.20. The predicted molar refractivity (Wildman–Crippen MR) is 76.5 cm³/mol. The van der Waals surface area contributed by atoms with E-state index in [1.807, 2.05) is 31.2 Å². The van der Waals surface area contributed by atoms with Gasteiger partial charge in [-0.25, -0.2) is 0 Å². The summed E-state index contributed by atoms with van der Waals surface area (Å²) in [6, 6.07) is 12.4. The molecule has 0 bridgehead atoms. The van der Waals surface area contributed by atoms with Gasteiger partial charge in [-0.15, -0.1) is 0 Å². The second kappa shape index (κ2) is 6.08. The van der Waals surface area contributed by atoms with E-state index in [1.165, 1.54) is 12.1 Å². The molecular formula is C16H16F3NO. The third-order valence-corrected chi connectivity index (χ3v) is 3.20. The van der Waals surface area contributed by atoms with Crippen molar-refractivity contribution < 1.29 is 17.9 Å². The SMILES string of the molecule is COc1ccccc1C(C)Nc1ccc(C(F)(F)F)cc1. The lowest BCUT2D eigenvalue weighted by molar-refractivity contribution is -0.137. The zero-order valence-corrected chi connectivity index (χ0v) is 11.7. The Labute approximate surface area is 121 Å². The number of ether oxygens (including phenoxy) is 1. The molecule has 5 heteroatoms. The first kappa shape index (κ1) is 15.2. The molecule has 0 amide bonds. The zero-order chi connectivity index (χ0) is 15.5. The minimum Gasteiger partial charge on any atom is -0.496 e. The van der Waals surface area contributed by atoms with Gasteiger partial charge < -0.3 is 10.1 Å². The zero-order valence-electron chi connectivity index (χ0n) is 11.7. The predicted octanol–water partition coefficient (Wildman–Crippen LogP) is 4.89. The molecule has 1 N–H and O–H groups in total. The lowest BCUT2D eigenvalue weighted by Gasteiger charge is -2.18. The molecule has 1 unspecified atom stereocenters. The second-order valence-corrected chi connectivity index (χ2v) is 4.68. The number of hydrogen-bond donors (Lipinski definition) is 1. The molecule has 0 aliphatic heterocycles. The fourth-order valence-corrected chi connectivity index (χ4v) is 2.11. The number of benzene rings is 2. The fraction of sp³-hybridized carbons (Fsp3) is 0.250. The minimum atomic E-state index is -4.31. The summed E-state index contributed by atoms with van der Waals surface area (Å²) in [4.78, 5) is 0. The van der Waals surface area contributed by atoms with Crippen molar-refractivity contribution in [3.63, 3.8) is 0 Å². The number of halogens is 3. The molecule has 112 valence electrons. The monoisotopic (exact) mass is 295 g/mol. The van der Waals surface area contributed by atoms with E-state index in [1.54, 1.807) is 7.11 Å². The smallest absolute Gasteiger partial charge is 0.416 e. The molecule has 2 nitrogen and oxygen atoms in total. The molecule has 0 saturated carbocycles. The molecule has 0 fully saturated rings. The Balaban J connectivity index is 2.14. The topological polar surface area (TPSA) is 21.3 Å². The van der Waals surface area contributed by atoms with Crippen molar-refractivity contribution in [2.75, 3.05) is 12.4 Å². The third kappa shape index (κ3) is 3.68. The maximum absolute atomic E-state index is 12.5. The Morgan fingerprint density at radius 3 is 2.19 bits per heavy atom. The summed E-state index contributed by atoms with van der Waals surface area (Å²) in [6.07, 6.45) is -4.31. The first-order valence-electron chi connectivity index (χ1n) is 6.48. The highest BCUT2D eigenvalue weighted by Crippen LogP contribution is 2.31. The number of alkyl halides is 3. The van der Waals surface area contributed by atoms with Crippen molar-refractivity contribution in [2.24, 2.45) is 0 Å². The lowest BCUT2D eigenvalue weighted by atomic mass is 10.1. The van der Waals surface area contributed by atoms with Crippen molar-refractivity contribution in [3.8, 4) is 5.75 Å². The van der Waals surface area contributed by atoms with Gasteiger partial charge in [0, 0.05) is 11.3 Å². The van der Waals surface area contributed by atoms with E-state index in [0.29, 0.717) is 5.69 Å². The van der Waals surface area contributed by atoms with Gasteiger partial charge in [-0.1, -0.05) is 18.2 Å². The van der Waals surface area contributed by atoms with Gasteiger partial charge in [0.05, 0.1) is 18.7 Å². The number of hydrogen-bond acceptors (Lipinski definition) is 2. The molecule has 0 aliphatic carbocycles. The quantitative estimate of drug-likeness (QED) is 0.867. The second-order valence-electron chi connectivity index (χ2n) is 4.68. The van der Waals surface area contributed by atoms with Crippen LogP contribution in [0, 0.1) is 0 Å². The first-order valence-corrected chi connectivity index (χ1v) is 6.48. The Hall–Kier alpha value is -2.17. The highest BCUT2D eigenvalue weighted by atomic mass is 19.4. The normalized spacial score (nSPS) is 12.8. The number of methoxy groups -OCH3 is 1. The van der Waals surface area contributed by atoms with Crippen LogP contribution in [-0.4, -0.2) is 7.11 Å². The van der Waals surface area contributed by atoms with Gasteiger partial charge in [-0.3, -0.25) is 0 Å². The van der Waals surface area contributed by atoms with Crippen LogP contribution in [0.25, 0.3) is 0 Å². The molecule has 21 heavy (non-hydrogen) atoms. The Kier molecular flexibility index (Phi) is 4.40. The van der Waals surface area contributed by atoms with Crippen LogP contribution < -0.4 is 10.1 Å². The van der Waals surface area contributed by atoms with Crippen molar-refractivity contribution >= 4 is 5.69 Å².